The zero-order valence-corrected chi connectivity index (χ0v) is 25.2. The average molecular weight is 535 g/mol. The number of rotatable bonds is 8. The number of aromatic amines is 1. The van der Waals surface area contributed by atoms with Crippen LogP contribution in [-0.4, -0.2) is 61.6 Å². The van der Waals surface area contributed by atoms with Gasteiger partial charge in [0.25, 0.3) is 5.56 Å². The lowest BCUT2D eigenvalue weighted by molar-refractivity contribution is -0.0504. The van der Waals surface area contributed by atoms with Crippen molar-refractivity contribution in [2.75, 3.05) is 12.9 Å². The molecule has 5 atom stereocenters. The minimum Gasteiger partial charge on any atom is -0.414 e. The maximum Gasteiger partial charge on any atom is 0.330 e. The van der Waals surface area contributed by atoms with Crippen LogP contribution in [0.4, 0.5) is 0 Å². The van der Waals surface area contributed by atoms with Crippen molar-refractivity contribution >= 4 is 27.7 Å². The van der Waals surface area contributed by atoms with E-state index in [1.807, 2.05) is 0 Å². The van der Waals surface area contributed by atoms with Crippen LogP contribution < -0.4 is 11.2 Å². The van der Waals surface area contributed by atoms with E-state index in [0.717, 1.165) is 0 Å². The predicted octanol–water partition coefficient (Wildman–Crippen LogP) is 3.52. The van der Waals surface area contributed by atoms with Gasteiger partial charge in [-0.15, -0.1) is 0 Å². The minimum absolute atomic E-state index is 0.0121. The van der Waals surface area contributed by atoms with Crippen molar-refractivity contribution in [3.63, 3.8) is 0 Å². The van der Waals surface area contributed by atoms with Crippen molar-refractivity contribution in [2.24, 2.45) is 0 Å². The van der Waals surface area contributed by atoms with E-state index in [9.17, 15) is 13.8 Å². The third-order valence-corrected chi connectivity index (χ3v) is 16.8. The van der Waals surface area contributed by atoms with E-state index in [1.165, 1.54) is 23.1 Å². The Kier molecular flexibility index (Phi) is 8.83. The molecular weight excluding hydrogens is 492 g/mol. The molecule has 0 amide bonds. The molecule has 9 nitrogen and oxygen atoms in total. The van der Waals surface area contributed by atoms with Crippen molar-refractivity contribution in [1.82, 2.24) is 9.55 Å². The van der Waals surface area contributed by atoms with Gasteiger partial charge in [-0.2, -0.15) is 0 Å². The Balaban J connectivity index is 2.52. The molecule has 1 fully saturated rings. The van der Waals surface area contributed by atoms with Crippen LogP contribution in [0.25, 0.3) is 0 Å². The zero-order chi connectivity index (χ0) is 26.3. The summed E-state index contributed by atoms with van der Waals surface area (Å²) in [7, 11) is -4.48. The highest BCUT2D eigenvalue weighted by Gasteiger charge is 2.53. The first-order chi connectivity index (χ1) is 15.3. The summed E-state index contributed by atoms with van der Waals surface area (Å²) in [6, 6.07) is 1.27. The fraction of sp³-hybridized carbons (Fsp3) is 0.818. The smallest absolute Gasteiger partial charge is 0.330 e. The highest BCUT2D eigenvalue weighted by molar-refractivity contribution is 7.79. The molecule has 0 radical (unpaired) electrons. The molecule has 0 aliphatic carbocycles. The number of H-pyrrole nitrogens is 1. The van der Waals surface area contributed by atoms with Gasteiger partial charge in [0.15, 0.2) is 33.9 Å². The van der Waals surface area contributed by atoms with Crippen LogP contribution in [0.3, 0.4) is 0 Å². The quantitative estimate of drug-likeness (QED) is 0.508. The Bertz CT molecular complexity index is 994. The van der Waals surface area contributed by atoms with Crippen molar-refractivity contribution in [1.29, 1.82) is 0 Å². The second kappa shape index (κ2) is 10.2. The first-order valence-corrected chi connectivity index (χ1v) is 18.9. The molecule has 2 unspecified atom stereocenters. The van der Waals surface area contributed by atoms with Gasteiger partial charge in [0.2, 0.25) is 0 Å². The third-order valence-electron chi connectivity index (χ3n) is 7.31. The average Bonchev–Trinajstić information content (AvgIpc) is 2.94. The first-order valence-electron chi connectivity index (χ1n) is 11.6. The summed E-state index contributed by atoms with van der Waals surface area (Å²) in [5.41, 5.74) is -1.11. The molecular formula is C22H42N2O7SSi2. The molecule has 1 aliphatic heterocycles. The lowest BCUT2D eigenvalue weighted by Gasteiger charge is -2.40. The van der Waals surface area contributed by atoms with Crippen LogP contribution in [-0.2, 0) is 28.9 Å². The molecule has 1 aliphatic rings. The molecule has 0 aromatic carbocycles. The van der Waals surface area contributed by atoms with Gasteiger partial charge in [-0.25, -0.2) is 9.00 Å². The van der Waals surface area contributed by atoms with E-state index in [2.05, 4.69) is 72.7 Å². The van der Waals surface area contributed by atoms with E-state index in [1.54, 1.807) is 0 Å². The maximum absolute atomic E-state index is 12.7. The van der Waals surface area contributed by atoms with Crippen LogP contribution in [0, 0.1) is 0 Å². The number of hydrogen-bond donors (Lipinski definition) is 1. The summed E-state index contributed by atoms with van der Waals surface area (Å²) in [4.78, 5) is 26.6. The highest BCUT2D eigenvalue weighted by Crippen LogP contribution is 2.43. The summed E-state index contributed by atoms with van der Waals surface area (Å²) < 4.78 is 38.8. The Morgan fingerprint density at radius 3 is 2.06 bits per heavy atom. The molecule has 0 saturated carbocycles. The lowest BCUT2D eigenvalue weighted by Crippen LogP contribution is -2.51. The van der Waals surface area contributed by atoms with E-state index < -0.39 is 63.5 Å². The molecule has 2 rings (SSSR count). The van der Waals surface area contributed by atoms with Gasteiger partial charge < -0.3 is 13.6 Å². The topological polar surface area (TPSA) is 109 Å². The monoisotopic (exact) mass is 534 g/mol. The molecule has 2 heterocycles. The Hall–Kier alpha value is -0.896. The van der Waals surface area contributed by atoms with E-state index in [4.69, 9.17) is 17.8 Å². The molecule has 0 spiro atoms. The normalized spacial score (nSPS) is 25.5. The van der Waals surface area contributed by atoms with E-state index >= 15 is 0 Å². The van der Waals surface area contributed by atoms with E-state index in [-0.39, 0.29) is 16.7 Å². The summed E-state index contributed by atoms with van der Waals surface area (Å²) >= 11 is -1.60. The number of hydrogen-bond acceptors (Lipinski definition) is 7. The molecule has 1 saturated heterocycles. The van der Waals surface area contributed by atoms with Crippen LogP contribution >= 0.6 is 0 Å². The molecule has 0 bridgehead atoms. The highest BCUT2D eigenvalue weighted by atomic mass is 32.2. The van der Waals surface area contributed by atoms with E-state index in [0.29, 0.717) is 0 Å². The van der Waals surface area contributed by atoms with Crippen LogP contribution in [0.5, 0.6) is 0 Å². The molecule has 34 heavy (non-hydrogen) atoms. The molecule has 196 valence electrons. The largest absolute Gasteiger partial charge is 0.414 e. The van der Waals surface area contributed by atoms with Gasteiger partial charge in [0, 0.05) is 18.5 Å². The van der Waals surface area contributed by atoms with Crippen molar-refractivity contribution in [3.05, 3.63) is 33.1 Å². The summed E-state index contributed by atoms with van der Waals surface area (Å²) in [5, 5.41) is -0.138. The Morgan fingerprint density at radius 1 is 1.03 bits per heavy atom. The fourth-order valence-electron chi connectivity index (χ4n) is 3.12. The second-order valence-electron chi connectivity index (χ2n) is 12.0. The summed E-state index contributed by atoms with van der Waals surface area (Å²) in [5.74, 6) is 0. The first kappa shape index (κ1) is 29.3. The zero-order valence-electron chi connectivity index (χ0n) is 22.4. The van der Waals surface area contributed by atoms with Gasteiger partial charge in [0.05, 0.1) is 6.61 Å². The molecule has 1 aromatic heterocycles. The fourth-order valence-corrected chi connectivity index (χ4v) is 5.96. The number of nitrogens with zero attached hydrogens (tertiary/aromatic N) is 1. The van der Waals surface area contributed by atoms with Gasteiger partial charge in [0.1, 0.15) is 18.3 Å². The molecule has 1 aromatic rings. The lowest BCUT2D eigenvalue weighted by atomic mass is 10.1. The number of aromatic nitrogens is 2. The Morgan fingerprint density at radius 2 is 1.59 bits per heavy atom. The SMILES string of the molecule is CS(=O)O[C@@H]1C(O[Si](C)(C)C(C)(C)C)[C@H](n2ccc(=O)[nH]c2=O)O[C@@H]1CO[Si](C)(C)C(C)(C)C. The predicted molar refractivity (Wildman–Crippen MR) is 139 cm³/mol. The van der Waals surface area contributed by atoms with Crippen molar-refractivity contribution in [2.45, 2.75) is 102 Å². The van der Waals surface area contributed by atoms with Gasteiger partial charge in [-0.3, -0.25) is 18.5 Å². The summed E-state index contributed by atoms with van der Waals surface area (Å²) in [6.07, 6.45) is -0.0915. The van der Waals surface area contributed by atoms with Crippen LogP contribution in [0.2, 0.25) is 36.3 Å². The van der Waals surface area contributed by atoms with Crippen molar-refractivity contribution < 1.29 is 22.0 Å². The third kappa shape index (κ3) is 6.65. The van der Waals surface area contributed by atoms with Gasteiger partial charge >= 0.3 is 5.69 Å². The van der Waals surface area contributed by atoms with Crippen molar-refractivity contribution in [3.8, 4) is 0 Å². The second-order valence-corrected chi connectivity index (χ2v) is 22.5. The van der Waals surface area contributed by atoms with Crippen LogP contribution in [0.15, 0.2) is 21.9 Å². The number of nitrogens with one attached hydrogen (secondary N) is 1. The van der Waals surface area contributed by atoms with Gasteiger partial charge in [-0.05, 0) is 36.3 Å². The van der Waals surface area contributed by atoms with Gasteiger partial charge in [-0.1, -0.05) is 41.5 Å². The molecule has 1 N–H and O–H groups in total. The summed E-state index contributed by atoms with van der Waals surface area (Å²) in [6.45, 7) is 21.5. The molecule has 12 heteroatoms. The minimum atomic E-state index is -2.36. The maximum atomic E-state index is 12.7. The Labute approximate surface area is 207 Å². The number of ether oxygens (including phenoxy) is 1. The standard InChI is InChI=1S/C22H42N2O7SSi2/c1-21(2,3)33(8,9)28-14-15-17(30-32(7)27)18(31-34(10,11)22(4,5)6)19(29-15)24-13-12-16(25)23-20(24)26/h12-13,15,17-19H,14H2,1-11H3,(H,23,25,26)/t15-,17+,18?,19-,32?/m1/s1. The van der Waals surface area contributed by atoms with Crippen LogP contribution in [0.1, 0.15) is 47.8 Å².